The monoisotopic (exact) mass is 1460 g/mol. The SMILES string of the molecule is CC.Cc1ccc(-c2ccc(C)cc2)cc1.Cc1ccc(C(=O)Oc2ccc(OC(=O)c3ccc(C)cc3)cc2)cc1.Cc1ccc(C(=O)Oc2ccc(OC(=O)c3ccc(C)cc3)cc2)cc1.Cc1ccc(C)cc1.Cc1ccc(OC(=O)c2ccc(C)cc2)cc1.Cc1ccc(OC(=O)c2ccc(C)cc2)cc1. The Balaban J connectivity index is 0.000000188. The van der Waals surface area contributed by atoms with Crippen LogP contribution in [0.1, 0.15) is 143 Å². The van der Waals surface area contributed by atoms with Crippen LogP contribution in [0.4, 0.5) is 0 Å². The van der Waals surface area contributed by atoms with Gasteiger partial charge >= 0.3 is 35.8 Å². The molecule has 0 saturated heterocycles. The van der Waals surface area contributed by atoms with Gasteiger partial charge in [-0.25, -0.2) is 28.8 Å². The normalized spacial score (nSPS) is 9.95. The molecular formula is C98H94O12. The molecule has 12 heteroatoms. The molecule has 12 nitrogen and oxygen atoms in total. The molecule has 0 N–H and O–H groups in total. The van der Waals surface area contributed by atoms with E-state index >= 15 is 0 Å². The van der Waals surface area contributed by atoms with E-state index in [0.717, 1.165) is 44.5 Å². The molecule has 0 fully saturated rings. The van der Waals surface area contributed by atoms with Crippen LogP contribution in [0.2, 0.25) is 0 Å². The van der Waals surface area contributed by atoms with E-state index in [1.54, 1.807) is 146 Å². The van der Waals surface area contributed by atoms with E-state index in [1.165, 1.54) is 33.4 Å². The van der Waals surface area contributed by atoms with Gasteiger partial charge in [-0.1, -0.05) is 250 Å². The largest absolute Gasteiger partial charge is 0.423 e. The molecule has 558 valence electrons. The summed E-state index contributed by atoms with van der Waals surface area (Å²) in [6.45, 7) is 28.2. The van der Waals surface area contributed by atoms with Crippen LogP contribution in [-0.2, 0) is 0 Å². The lowest BCUT2D eigenvalue weighted by atomic mass is 10.0. The maximum atomic E-state index is 12.1. The Morgan fingerprint density at radius 3 is 0.364 bits per heavy atom. The topological polar surface area (TPSA) is 158 Å². The van der Waals surface area contributed by atoms with Crippen molar-refractivity contribution in [3.63, 3.8) is 0 Å². The lowest BCUT2D eigenvalue weighted by Gasteiger charge is -2.07. The van der Waals surface area contributed by atoms with Gasteiger partial charge < -0.3 is 28.4 Å². The fourth-order valence-corrected chi connectivity index (χ4v) is 9.63. The third kappa shape index (κ3) is 29.2. The minimum absolute atomic E-state index is 0.325. The molecule has 0 aromatic heterocycles. The minimum Gasteiger partial charge on any atom is -0.423 e. The average molecular weight is 1460 g/mol. The van der Waals surface area contributed by atoms with Gasteiger partial charge in [0.2, 0.25) is 0 Å². The van der Waals surface area contributed by atoms with Crippen LogP contribution < -0.4 is 28.4 Å². The third-order valence-electron chi connectivity index (χ3n) is 16.3. The number of carbonyl (C=O) groups excluding carboxylic acids is 6. The lowest BCUT2D eigenvalue weighted by Crippen LogP contribution is -2.09. The Morgan fingerprint density at radius 1 is 0.145 bits per heavy atom. The predicted octanol–water partition coefficient (Wildman–Crippen LogP) is 23.8. The van der Waals surface area contributed by atoms with E-state index in [0.29, 0.717) is 67.9 Å². The molecule has 13 rings (SSSR count). The van der Waals surface area contributed by atoms with Crippen LogP contribution in [0.25, 0.3) is 11.1 Å². The quantitative estimate of drug-likeness (QED) is 0.0796. The van der Waals surface area contributed by atoms with Crippen molar-refractivity contribution in [2.24, 2.45) is 0 Å². The van der Waals surface area contributed by atoms with Gasteiger partial charge in [0.1, 0.15) is 34.5 Å². The van der Waals surface area contributed by atoms with Crippen molar-refractivity contribution in [1.82, 2.24) is 0 Å². The first-order chi connectivity index (χ1) is 52.9. The predicted molar refractivity (Wildman–Crippen MR) is 441 cm³/mol. The fraction of sp³-hybridized carbons (Fsp3) is 0.143. The second-order valence-corrected chi connectivity index (χ2v) is 26.0. The Labute approximate surface area is 647 Å². The van der Waals surface area contributed by atoms with E-state index in [2.05, 4.69) is 100 Å². The van der Waals surface area contributed by atoms with Crippen molar-refractivity contribution < 1.29 is 57.2 Å². The molecule has 13 aromatic rings. The summed E-state index contributed by atoms with van der Waals surface area (Å²) in [4.78, 5) is 71.9. The fourth-order valence-electron chi connectivity index (χ4n) is 9.63. The molecule has 0 unspecified atom stereocenters. The number of rotatable bonds is 13. The van der Waals surface area contributed by atoms with Gasteiger partial charge in [-0.2, -0.15) is 0 Å². The molecule has 110 heavy (non-hydrogen) atoms. The molecule has 0 amide bonds. The van der Waals surface area contributed by atoms with Crippen molar-refractivity contribution in [2.45, 2.75) is 96.9 Å². The van der Waals surface area contributed by atoms with Gasteiger partial charge in [0.15, 0.2) is 0 Å². The van der Waals surface area contributed by atoms with Crippen molar-refractivity contribution in [1.29, 1.82) is 0 Å². The number of hydrogen-bond acceptors (Lipinski definition) is 12. The Kier molecular flexibility index (Phi) is 33.1. The van der Waals surface area contributed by atoms with E-state index < -0.39 is 23.9 Å². The summed E-state index contributed by atoms with van der Waals surface area (Å²) in [5.74, 6) is 0.269. The molecular weight excluding hydrogens is 1370 g/mol. The second-order valence-electron chi connectivity index (χ2n) is 26.0. The highest BCUT2D eigenvalue weighted by molar-refractivity contribution is 5.94. The summed E-state index contributed by atoms with van der Waals surface area (Å²) in [5, 5.41) is 0. The molecule has 0 aliphatic heterocycles. The summed E-state index contributed by atoms with van der Waals surface area (Å²) in [6.07, 6.45) is 0. The number of carbonyl (C=O) groups is 6. The first-order valence-corrected chi connectivity index (χ1v) is 36.1. The van der Waals surface area contributed by atoms with Gasteiger partial charge in [-0.15, -0.1) is 0 Å². The smallest absolute Gasteiger partial charge is 0.343 e. The summed E-state index contributed by atoms with van der Waals surface area (Å²) in [6, 6.07) is 96.5. The highest BCUT2D eigenvalue weighted by Crippen LogP contribution is 2.25. The maximum absolute atomic E-state index is 12.1. The van der Waals surface area contributed by atoms with Crippen LogP contribution in [0.15, 0.2) is 315 Å². The van der Waals surface area contributed by atoms with Gasteiger partial charge in [-0.3, -0.25) is 0 Å². The van der Waals surface area contributed by atoms with E-state index in [4.69, 9.17) is 28.4 Å². The van der Waals surface area contributed by atoms with E-state index in [1.807, 2.05) is 166 Å². The van der Waals surface area contributed by atoms with Gasteiger partial charge in [0, 0.05) is 0 Å². The molecule has 0 heterocycles. The van der Waals surface area contributed by atoms with Gasteiger partial charge in [0.05, 0.1) is 33.4 Å². The zero-order valence-corrected chi connectivity index (χ0v) is 64.9. The highest BCUT2D eigenvalue weighted by Gasteiger charge is 2.15. The number of benzene rings is 13. The molecule has 0 spiro atoms. The maximum Gasteiger partial charge on any atom is 0.343 e. The molecule has 0 saturated carbocycles. The van der Waals surface area contributed by atoms with Crippen molar-refractivity contribution >= 4 is 35.8 Å². The van der Waals surface area contributed by atoms with Crippen LogP contribution in [0.3, 0.4) is 0 Å². The van der Waals surface area contributed by atoms with Crippen molar-refractivity contribution in [3.05, 3.63) is 416 Å². The first-order valence-electron chi connectivity index (χ1n) is 36.1. The zero-order valence-electron chi connectivity index (χ0n) is 64.9. The van der Waals surface area contributed by atoms with Crippen LogP contribution in [0.5, 0.6) is 34.5 Å². The molecule has 0 aliphatic rings. The molecule has 13 aromatic carbocycles. The molecule has 0 aliphatic carbocycles. The summed E-state index contributed by atoms with van der Waals surface area (Å²) < 4.78 is 31.8. The summed E-state index contributed by atoms with van der Waals surface area (Å²) in [5.41, 5.74) is 19.7. The van der Waals surface area contributed by atoms with E-state index in [9.17, 15) is 28.8 Å². The van der Waals surface area contributed by atoms with E-state index in [-0.39, 0.29) is 11.9 Å². The second kappa shape index (κ2) is 43.3. The van der Waals surface area contributed by atoms with Gasteiger partial charge in [0.25, 0.3) is 0 Å². The Morgan fingerprint density at radius 2 is 0.236 bits per heavy atom. The first kappa shape index (κ1) is 83.9. The van der Waals surface area contributed by atoms with Crippen LogP contribution >= 0.6 is 0 Å². The van der Waals surface area contributed by atoms with Gasteiger partial charge in [-0.05, 0) is 240 Å². The Hall–Kier alpha value is -13.3. The Bertz CT molecular complexity index is 4530. The van der Waals surface area contributed by atoms with Crippen molar-refractivity contribution in [3.8, 4) is 45.6 Å². The molecule has 0 bridgehead atoms. The lowest BCUT2D eigenvalue weighted by molar-refractivity contribution is 0.0719. The number of esters is 6. The molecule has 0 radical (unpaired) electrons. The standard InChI is InChI=1S/2C22H18O4.2C15H14O2.C14H14.C8H10.C2H6/c2*1-15-3-7-17(8-4-15)21(23)25-19-11-13-20(14-12-19)26-22(24)18-9-5-16(2)6-10-18;2*1-11-3-7-13(8-4-11)15(16)17-14-9-5-12(2)6-10-14;1-11-3-7-13(8-4-11)14-9-5-12(2)6-10-14;1-7-3-5-8(2)6-4-7;1-2/h2*3-14H,1-2H3;2*3-10H,1-2H3;3-10H,1-2H3;3-6H,1-2H3;1-2H3. The van der Waals surface area contributed by atoms with Crippen molar-refractivity contribution in [2.75, 3.05) is 0 Å². The zero-order chi connectivity index (χ0) is 79.5. The average Bonchev–Trinajstić information content (AvgIpc) is 0.895. The van der Waals surface area contributed by atoms with Crippen LogP contribution in [0, 0.1) is 83.1 Å². The number of ether oxygens (including phenoxy) is 6. The molecule has 0 atom stereocenters. The summed E-state index contributed by atoms with van der Waals surface area (Å²) in [7, 11) is 0. The summed E-state index contributed by atoms with van der Waals surface area (Å²) >= 11 is 0. The minimum atomic E-state index is -0.436. The van der Waals surface area contributed by atoms with Crippen LogP contribution in [-0.4, -0.2) is 35.8 Å². The number of aryl methyl sites for hydroxylation is 12. The third-order valence-corrected chi connectivity index (χ3v) is 16.3. The number of hydrogen-bond donors (Lipinski definition) is 0. The highest BCUT2D eigenvalue weighted by atomic mass is 16.6.